The molecule has 0 aliphatic heterocycles. The normalized spacial score (nSPS) is 17.1. The van der Waals surface area contributed by atoms with Crippen molar-refractivity contribution in [3.63, 3.8) is 0 Å². The smallest absolute Gasteiger partial charge is 0.111 e. The standard InChI is InChI=1S/C13H28O3/c1-3-4-5-6-7-8-9-10-12(15)13(2,16)11-14/h12,14-16H,3-11H2,1-2H3. The maximum atomic E-state index is 9.61. The van der Waals surface area contributed by atoms with E-state index in [1.807, 2.05) is 0 Å². The van der Waals surface area contributed by atoms with Gasteiger partial charge in [0.05, 0.1) is 12.7 Å². The van der Waals surface area contributed by atoms with Crippen LogP contribution in [0.15, 0.2) is 0 Å². The van der Waals surface area contributed by atoms with Crippen LogP contribution in [0.3, 0.4) is 0 Å². The van der Waals surface area contributed by atoms with Gasteiger partial charge < -0.3 is 15.3 Å². The fourth-order valence-corrected chi connectivity index (χ4v) is 1.71. The quantitative estimate of drug-likeness (QED) is 0.506. The zero-order chi connectivity index (χ0) is 12.4. The van der Waals surface area contributed by atoms with E-state index in [0.717, 1.165) is 12.8 Å². The number of hydrogen-bond acceptors (Lipinski definition) is 3. The maximum absolute atomic E-state index is 9.61. The molecule has 0 fully saturated rings. The summed E-state index contributed by atoms with van der Waals surface area (Å²) in [6.45, 7) is 3.29. The minimum Gasteiger partial charge on any atom is -0.393 e. The molecule has 3 N–H and O–H groups in total. The maximum Gasteiger partial charge on any atom is 0.111 e. The highest BCUT2D eigenvalue weighted by Crippen LogP contribution is 2.16. The first-order valence-electron chi connectivity index (χ1n) is 6.56. The summed E-state index contributed by atoms with van der Waals surface area (Å²) in [5.74, 6) is 0. The van der Waals surface area contributed by atoms with Gasteiger partial charge in [-0.1, -0.05) is 51.9 Å². The molecule has 0 aliphatic rings. The number of aliphatic hydroxyl groups excluding tert-OH is 2. The van der Waals surface area contributed by atoms with Crippen LogP contribution in [-0.2, 0) is 0 Å². The molecule has 3 heteroatoms. The second-order valence-corrected chi connectivity index (χ2v) is 4.94. The van der Waals surface area contributed by atoms with Crippen LogP contribution in [0.2, 0.25) is 0 Å². The van der Waals surface area contributed by atoms with Gasteiger partial charge in [0.1, 0.15) is 5.60 Å². The first-order chi connectivity index (χ1) is 7.54. The van der Waals surface area contributed by atoms with E-state index >= 15 is 0 Å². The number of aliphatic hydroxyl groups is 3. The molecule has 0 rings (SSSR count). The van der Waals surface area contributed by atoms with Crippen molar-refractivity contribution in [1.82, 2.24) is 0 Å². The van der Waals surface area contributed by atoms with Gasteiger partial charge in [0, 0.05) is 0 Å². The van der Waals surface area contributed by atoms with Crippen LogP contribution in [0, 0.1) is 0 Å². The van der Waals surface area contributed by atoms with Gasteiger partial charge in [0.2, 0.25) is 0 Å². The van der Waals surface area contributed by atoms with E-state index in [1.54, 1.807) is 0 Å². The van der Waals surface area contributed by atoms with Crippen LogP contribution in [0.1, 0.15) is 65.2 Å². The monoisotopic (exact) mass is 232 g/mol. The van der Waals surface area contributed by atoms with Gasteiger partial charge in [0.25, 0.3) is 0 Å². The Labute approximate surface area is 99.5 Å². The van der Waals surface area contributed by atoms with Crippen molar-refractivity contribution < 1.29 is 15.3 Å². The molecule has 0 bridgehead atoms. The molecule has 0 spiro atoms. The third-order valence-corrected chi connectivity index (χ3v) is 3.12. The van der Waals surface area contributed by atoms with Crippen LogP contribution < -0.4 is 0 Å². The Kier molecular flexibility index (Phi) is 8.90. The first kappa shape index (κ1) is 15.9. The van der Waals surface area contributed by atoms with Gasteiger partial charge in [0.15, 0.2) is 0 Å². The zero-order valence-electron chi connectivity index (χ0n) is 10.8. The van der Waals surface area contributed by atoms with Crippen molar-refractivity contribution in [2.75, 3.05) is 6.61 Å². The van der Waals surface area contributed by atoms with E-state index in [9.17, 15) is 10.2 Å². The fraction of sp³-hybridized carbons (Fsp3) is 1.00. The van der Waals surface area contributed by atoms with E-state index < -0.39 is 11.7 Å². The summed E-state index contributed by atoms with van der Waals surface area (Å²) in [5.41, 5.74) is -1.35. The van der Waals surface area contributed by atoms with Gasteiger partial charge in [-0.25, -0.2) is 0 Å². The lowest BCUT2D eigenvalue weighted by atomic mass is 9.95. The molecule has 3 nitrogen and oxygen atoms in total. The number of rotatable bonds is 10. The Morgan fingerprint density at radius 1 is 1.00 bits per heavy atom. The van der Waals surface area contributed by atoms with Gasteiger partial charge in [-0.2, -0.15) is 0 Å². The Morgan fingerprint density at radius 3 is 2.00 bits per heavy atom. The van der Waals surface area contributed by atoms with E-state index in [2.05, 4.69) is 6.92 Å². The molecule has 0 aromatic heterocycles. The summed E-state index contributed by atoms with van der Waals surface area (Å²) >= 11 is 0. The van der Waals surface area contributed by atoms with Crippen LogP contribution in [-0.4, -0.2) is 33.6 Å². The Hall–Kier alpha value is -0.120. The molecule has 0 aliphatic carbocycles. The highest BCUT2D eigenvalue weighted by atomic mass is 16.4. The van der Waals surface area contributed by atoms with Crippen LogP contribution >= 0.6 is 0 Å². The molecule has 16 heavy (non-hydrogen) atoms. The summed E-state index contributed by atoms with van der Waals surface area (Å²) < 4.78 is 0. The summed E-state index contributed by atoms with van der Waals surface area (Å²) in [6, 6.07) is 0. The van der Waals surface area contributed by atoms with E-state index in [-0.39, 0.29) is 6.61 Å². The Morgan fingerprint density at radius 2 is 1.50 bits per heavy atom. The van der Waals surface area contributed by atoms with Gasteiger partial charge in [-0.15, -0.1) is 0 Å². The number of hydrogen-bond donors (Lipinski definition) is 3. The molecule has 0 aromatic carbocycles. The first-order valence-corrected chi connectivity index (χ1v) is 6.56. The lowest BCUT2D eigenvalue weighted by molar-refractivity contribution is -0.0951. The molecule has 0 amide bonds. The van der Waals surface area contributed by atoms with Crippen LogP contribution in [0.25, 0.3) is 0 Å². The predicted octanol–water partition coefficient (Wildman–Crippen LogP) is 2.23. The average Bonchev–Trinajstić information content (AvgIpc) is 2.27. The zero-order valence-corrected chi connectivity index (χ0v) is 10.8. The molecule has 0 aromatic rings. The van der Waals surface area contributed by atoms with E-state index in [0.29, 0.717) is 6.42 Å². The SMILES string of the molecule is CCCCCCCCCC(O)C(C)(O)CO. The lowest BCUT2D eigenvalue weighted by Crippen LogP contribution is -2.42. The highest BCUT2D eigenvalue weighted by molar-refractivity contribution is 4.80. The molecule has 0 saturated carbocycles. The largest absolute Gasteiger partial charge is 0.393 e. The Bertz CT molecular complexity index is 157. The summed E-state index contributed by atoms with van der Waals surface area (Å²) in [7, 11) is 0. The van der Waals surface area contributed by atoms with Crippen molar-refractivity contribution in [1.29, 1.82) is 0 Å². The predicted molar refractivity (Wildman–Crippen MR) is 66.3 cm³/mol. The van der Waals surface area contributed by atoms with Crippen molar-refractivity contribution >= 4 is 0 Å². The van der Waals surface area contributed by atoms with Gasteiger partial charge >= 0.3 is 0 Å². The topological polar surface area (TPSA) is 60.7 Å². The second kappa shape index (κ2) is 8.97. The third kappa shape index (κ3) is 7.20. The lowest BCUT2D eigenvalue weighted by Gasteiger charge is -2.26. The molecular weight excluding hydrogens is 204 g/mol. The third-order valence-electron chi connectivity index (χ3n) is 3.12. The number of unbranched alkanes of at least 4 members (excludes halogenated alkanes) is 6. The molecular formula is C13H28O3. The van der Waals surface area contributed by atoms with Crippen LogP contribution in [0.5, 0.6) is 0 Å². The molecule has 0 saturated heterocycles. The summed E-state index contributed by atoms with van der Waals surface area (Å²) in [6.07, 6.45) is 8.11. The highest BCUT2D eigenvalue weighted by Gasteiger charge is 2.28. The van der Waals surface area contributed by atoms with E-state index in [1.165, 1.54) is 39.0 Å². The molecule has 0 heterocycles. The Balaban J connectivity index is 3.38. The van der Waals surface area contributed by atoms with Crippen molar-refractivity contribution in [2.45, 2.75) is 76.9 Å². The van der Waals surface area contributed by atoms with E-state index in [4.69, 9.17) is 5.11 Å². The van der Waals surface area contributed by atoms with Gasteiger partial charge in [-0.05, 0) is 13.3 Å². The fourth-order valence-electron chi connectivity index (χ4n) is 1.71. The van der Waals surface area contributed by atoms with Crippen molar-refractivity contribution in [2.24, 2.45) is 0 Å². The molecule has 98 valence electrons. The summed E-state index contributed by atoms with van der Waals surface area (Å²) in [5, 5.41) is 28.0. The minimum atomic E-state index is -1.35. The van der Waals surface area contributed by atoms with Crippen LogP contribution in [0.4, 0.5) is 0 Å². The minimum absolute atomic E-state index is 0.384. The van der Waals surface area contributed by atoms with Crippen molar-refractivity contribution in [3.8, 4) is 0 Å². The average molecular weight is 232 g/mol. The summed E-state index contributed by atoms with van der Waals surface area (Å²) in [4.78, 5) is 0. The molecule has 0 radical (unpaired) electrons. The molecule has 2 atom stereocenters. The van der Waals surface area contributed by atoms with Gasteiger partial charge in [-0.3, -0.25) is 0 Å². The van der Waals surface area contributed by atoms with Crippen molar-refractivity contribution in [3.05, 3.63) is 0 Å². The second-order valence-electron chi connectivity index (χ2n) is 4.94. The molecule has 2 unspecified atom stereocenters.